The van der Waals surface area contributed by atoms with Crippen LogP contribution >= 0.6 is 15.9 Å². The highest BCUT2D eigenvalue weighted by Gasteiger charge is 2.05. The molecule has 0 heterocycles. The van der Waals surface area contributed by atoms with E-state index in [1.807, 2.05) is 54.6 Å². The minimum Gasteiger partial charge on any atom is -0.411 e. The Morgan fingerprint density at radius 3 is 2.24 bits per heavy atom. The van der Waals surface area contributed by atoms with Gasteiger partial charge in [-0.25, -0.2) is 0 Å². The van der Waals surface area contributed by atoms with E-state index in [9.17, 15) is 0 Å². The Bertz CT molecular complexity index is 506. The van der Waals surface area contributed by atoms with Crippen LogP contribution in [0.1, 0.15) is 11.1 Å². The summed E-state index contributed by atoms with van der Waals surface area (Å²) in [5.41, 5.74) is 2.73. The molecule has 86 valence electrons. The van der Waals surface area contributed by atoms with Gasteiger partial charge in [-0.1, -0.05) is 63.6 Å². The lowest BCUT2D eigenvalue weighted by molar-refractivity contribution is 0.318. The van der Waals surface area contributed by atoms with Crippen molar-refractivity contribution < 1.29 is 5.21 Å². The summed E-state index contributed by atoms with van der Waals surface area (Å²) < 4.78 is 1.01. The summed E-state index contributed by atoms with van der Waals surface area (Å²) in [6.45, 7) is 0. The van der Waals surface area contributed by atoms with Crippen LogP contribution in [0.25, 0.3) is 0 Å². The first-order valence-corrected chi connectivity index (χ1v) is 6.09. The van der Waals surface area contributed by atoms with Crippen molar-refractivity contribution in [3.05, 3.63) is 70.2 Å². The molecule has 0 bridgehead atoms. The molecule has 2 nitrogen and oxygen atoms in total. The Hall–Kier alpha value is -1.61. The van der Waals surface area contributed by atoms with Crippen molar-refractivity contribution in [3.8, 4) is 0 Å². The molecule has 0 saturated heterocycles. The number of hydrogen-bond acceptors (Lipinski definition) is 2. The zero-order valence-electron chi connectivity index (χ0n) is 9.18. The lowest BCUT2D eigenvalue weighted by Crippen LogP contribution is -2.05. The van der Waals surface area contributed by atoms with Crippen molar-refractivity contribution in [2.45, 2.75) is 6.42 Å². The van der Waals surface area contributed by atoms with Gasteiger partial charge in [0.15, 0.2) is 0 Å². The van der Waals surface area contributed by atoms with Gasteiger partial charge in [0, 0.05) is 10.9 Å². The van der Waals surface area contributed by atoms with Crippen LogP contribution in [0.5, 0.6) is 0 Å². The number of oxime groups is 1. The molecular weight excluding hydrogens is 278 g/mol. The third-order valence-corrected chi connectivity index (χ3v) is 3.04. The number of hydrogen-bond donors (Lipinski definition) is 1. The number of rotatable bonds is 3. The quantitative estimate of drug-likeness (QED) is 0.519. The largest absolute Gasteiger partial charge is 0.411 e. The van der Waals surface area contributed by atoms with Crippen molar-refractivity contribution in [2.24, 2.45) is 5.16 Å². The van der Waals surface area contributed by atoms with Crippen LogP contribution in [0.4, 0.5) is 0 Å². The lowest BCUT2D eigenvalue weighted by atomic mass is 10.0. The summed E-state index contributed by atoms with van der Waals surface area (Å²) in [5, 5.41) is 12.5. The number of benzene rings is 2. The van der Waals surface area contributed by atoms with Crippen LogP contribution in [0.3, 0.4) is 0 Å². The fraction of sp³-hybridized carbons (Fsp3) is 0.0714. The molecule has 0 fully saturated rings. The Morgan fingerprint density at radius 1 is 1.00 bits per heavy atom. The molecule has 17 heavy (non-hydrogen) atoms. The monoisotopic (exact) mass is 289 g/mol. The van der Waals surface area contributed by atoms with Crippen LogP contribution in [0.15, 0.2) is 64.2 Å². The van der Waals surface area contributed by atoms with E-state index in [1.54, 1.807) is 0 Å². The van der Waals surface area contributed by atoms with E-state index >= 15 is 0 Å². The first-order valence-electron chi connectivity index (χ1n) is 5.30. The molecule has 3 heteroatoms. The van der Waals surface area contributed by atoms with E-state index in [4.69, 9.17) is 5.21 Å². The average molecular weight is 290 g/mol. The van der Waals surface area contributed by atoms with Gasteiger partial charge in [0.2, 0.25) is 0 Å². The van der Waals surface area contributed by atoms with Gasteiger partial charge in [-0.15, -0.1) is 0 Å². The van der Waals surface area contributed by atoms with E-state index < -0.39 is 0 Å². The molecule has 0 aliphatic carbocycles. The van der Waals surface area contributed by atoms with E-state index in [1.165, 1.54) is 0 Å². The molecule has 0 spiro atoms. The fourth-order valence-corrected chi connectivity index (χ4v) is 1.89. The van der Waals surface area contributed by atoms with Crippen molar-refractivity contribution in [2.75, 3.05) is 0 Å². The molecular formula is C14H12BrNO. The van der Waals surface area contributed by atoms with Gasteiger partial charge in [0.1, 0.15) is 0 Å². The van der Waals surface area contributed by atoms with Crippen LogP contribution in [-0.4, -0.2) is 10.9 Å². The van der Waals surface area contributed by atoms with E-state index in [2.05, 4.69) is 21.1 Å². The number of halogens is 1. The Labute approximate surface area is 109 Å². The van der Waals surface area contributed by atoms with E-state index in [-0.39, 0.29) is 0 Å². The highest BCUT2D eigenvalue weighted by molar-refractivity contribution is 9.10. The summed E-state index contributed by atoms with van der Waals surface area (Å²) in [6, 6.07) is 17.7. The average Bonchev–Trinajstić information content (AvgIpc) is 2.38. The summed E-state index contributed by atoms with van der Waals surface area (Å²) in [5.74, 6) is 0. The second-order valence-electron chi connectivity index (χ2n) is 3.72. The van der Waals surface area contributed by atoms with Crippen molar-refractivity contribution >= 4 is 21.6 Å². The predicted octanol–water partition coefficient (Wildman–Crippen LogP) is 3.87. The molecule has 2 rings (SSSR count). The highest BCUT2D eigenvalue weighted by Crippen LogP contribution is 2.13. The second kappa shape index (κ2) is 5.64. The van der Waals surface area contributed by atoms with Crippen LogP contribution in [0.2, 0.25) is 0 Å². The standard InChI is InChI=1S/C14H12BrNO/c15-13-8-6-12(7-9-13)14(16-17)10-11-4-2-1-3-5-11/h1-9,17H,10H2/b16-14-. The van der Waals surface area contributed by atoms with Gasteiger partial charge in [0.05, 0.1) is 5.71 Å². The smallest absolute Gasteiger partial charge is 0.0911 e. The maximum absolute atomic E-state index is 9.09. The molecule has 0 aliphatic rings. The van der Waals surface area contributed by atoms with Gasteiger partial charge in [-0.2, -0.15) is 0 Å². The summed E-state index contributed by atoms with van der Waals surface area (Å²) in [6.07, 6.45) is 0.624. The third kappa shape index (κ3) is 3.17. The first kappa shape index (κ1) is 11.9. The first-order chi connectivity index (χ1) is 8.29. The summed E-state index contributed by atoms with van der Waals surface area (Å²) in [7, 11) is 0. The zero-order valence-corrected chi connectivity index (χ0v) is 10.8. The Morgan fingerprint density at radius 2 is 1.65 bits per heavy atom. The van der Waals surface area contributed by atoms with E-state index in [0.29, 0.717) is 12.1 Å². The molecule has 0 radical (unpaired) electrons. The van der Waals surface area contributed by atoms with Crippen LogP contribution in [0, 0.1) is 0 Å². The molecule has 2 aromatic rings. The topological polar surface area (TPSA) is 32.6 Å². The number of nitrogens with zero attached hydrogens (tertiary/aromatic N) is 1. The summed E-state index contributed by atoms with van der Waals surface area (Å²) in [4.78, 5) is 0. The van der Waals surface area contributed by atoms with Gasteiger partial charge in [-0.3, -0.25) is 0 Å². The molecule has 0 saturated carbocycles. The molecule has 1 N–H and O–H groups in total. The van der Waals surface area contributed by atoms with Gasteiger partial charge >= 0.3 is 0 Å². The molecule has 0 amide bonds. The van der Waals surface area contributed by atoms with Crippen molar-refractivity contribution in [1.82, 2.24) is 0 Å². The molecule has 0 aliphatic heterocycles. The molecule has 0 atom stereocenters. The van der Waals surface area contributed by atoms with Crippen LogP contribution in [-0.2, 0) is 6.42 Å². The third-order valence-electron chi connectivity index (χ3n) is 2.51. The van der Waals surface area contributed by atoms with Crippen LogP contribution < -0.4 is 0 Å². The Balaban J connectivity index is 2.21. The zero-order chi connectivity index (χ0) is 12.1. The highest BCUT2D eigenvalue weighted by atomic mass is 79.9. The van der Waals surface area contributed by atoms with Crippen molar-refractivity contribution in [1.29, 1.82) is 0 Å². The fourth-order valence-electron chi connectivity index (χ4n) is 1.63. The van der Waals surface area contributed by atoms with Gasteiger partial charge < -0.3 is 5.21 Å². The molecule has 0 unspecified atom stereocenters. The predicted molar refractivity (Wildman–Crippen MR) is 72.6 cm³/mol. The van der Waals surface area contributed by atoms with Gasteiger partial charge in [0.25, 0.3) is 0 Å². The lowest BCUT2D eigenvalue weighted by Gasteiger charge is -2.05. The minimum absolute atomic E-state index is 0.624. The SMILES string of the molecule is O/N=C(/Cc1ccccc1)c1ccc(Br)cc1. The Kier molecular flexibility index (Phi) is 3.94. The maximum atomic E-state index is 9.09. The minimum atomic E-state index is 0.624. The second-order valence-corrected chi connectivity index (χ2v) is 4.63. The van der Waals surface area contributed by atoms with Gasteiger partial charge in [-0.05, 0) is 23.3 Å². The normalized spacial score (nSPS) is 11.5. The molecule has 2 aromatic carbocycles. The maximum Gasteiger partial charge on any atom is 0.0911 e. The van der Waals surface area contributed by atoms with E-state index in [0.717, 1.165) is 15.6 Å². The summed E-state index contributed by atoms with van der Waals surface area (Å²) >= 11 is 3.38. The molecule has 0 aromatic heterocycles. The van der Waals surface area contributed by atoms with Crippen molar-refractivity contribution in [3.63, 3.8) is 0 Å².